The fraction of sp³-hybridized carbons (Fsp3) is 0. The van der Waals surface area contributed by atoms with Gasteiger partial charge in [-0.2, -0.15) is 0 Å². The third-order valence-corrected chi connectivity index (χ3v) is 0.251. The first-order valence-electron chi connectivity index (χ1n) is 1.13. The van der Waals surface area contributed by atoms with Gasteiger partial charge >= 0.3 is 12.5 Å². The Morgan fingerprint density at radius 3 is 3.00 bits per heavy atom. The van der Waals surface area contributed by atoms with Crippen molar-refractivity contribution in [2.24, 2.45) is 10.4 Å². The SMILES string of the molecule is [C+]1=CON=N1. The second-order valence-electron chi connectivity index (χ2n) is 0.534. The Morgan fingerprint density at radius 1 is 1.80 bits per heavy atom. The fourth-order valence-corrected chi connectivity index (χ4v) is 0.118. The summed E-state index contributed by atoms with van der Waals surface area (Å²) in [6, 6.07) is 0. The highest BCUT2D eigenvalue weighted by molar-refractivity contribution is 4.58. The van der Waals surface area contributed by atoms with Gasteiger partial charge in [-0.15, -0.1) is 0 Å². The van der Waals surface area contributed by atoms with Gasteiger partial charge in [0.05, 0.1) is 5.28 Å². The summed E-state index contributed by atoms with van der Waals surface area (Å²) in [6.07, 6.45) is 3.61. The molecule has 0 aliphatic carbocycles. The van der Waals surface area contributed by atoms with Crippen LogP contribution in [0.2, 0.25) is 0 Å². The smallest absolute Gasteiger partial charge is 0.284 e. The lowest BCUT2D eigenvalue weighted by Crippen LogP contribution is -1.46. The molecule has 1 rings (SSSR count). The Morgan fingerprint density at radius 2 is 2.80 bits per heavy atom. The van der Waals surface area contributed by atoms with Crippen molar-refractivity contribution in [2.75, 3.05) is 0 Å². The van der Waals surface area contributed by atoms with Gasteiger partial charge in [0.2, 0.25) is 0 Å². The van der Waals surface area contributed by atoms with Crippen molar-refractivity contribution < 1.29 is 4.84 Å². The van der Waals surface area contributed by atoms with E-state index < -0.39 is 0 Å². The molecule has 0 unspecified atom stereocenters. The van der Waals surface area contributed by atoms with Crippen LogP contribution in [0.4, 0.5) is 0 Å². The van der Waals surface area contributed by atoms with E-state index in [1.807, 2.05) is 0 Å². The predicted molar refractivity (Wildman–Crippen MR) is 13.8 cm³/mol. The van der Waals surface area contributed by atoms with Crippen LogP contribution in [0.3, 0.4) is 0 Å². The summed E-state index contributed by atoms with van der Waals surface area (Å²) in [5.74, 6) is 0. The molecule has 0 saturated heterocycles. The average Bonchev–Trinajstić information content (AvgIpc) is 1.76. The highest BCUT2D eigenvalue weighted by Gasteiger charge is 1.96. The van der Waals surface area contributed by atoms with Gasteiger partial charge in [0, 0.05) is 0 Å². The van der Waals surface area contributed by atoms with Crippen LogP contribution in [-0.4, -0.2) is 0 Å². The van der Waals surface area contributed by atoms with E-state index in [-0.39, 0.29) is 0 Å². The van der Waals surface area contributed by atoms with Crippen LogP contribution in [0.25, 0.3) is 0 Å². The van der Waals surface area contributed by atoms with Crippen LogP contribution in [-0.2, 0) is 4.84 Å². The van der Waals surface area contributed by atoms with Crippen molar-refractivity contribution in [1.29, 1.82) is 0 Å². The van der Waals surface area contributed by atoms with Gasteiger partial charge in [-0.05, 0) is 0 Å². The van der Waals surface area contributed by atoms with Gasteiger partial charge in [-0.3, -0.25) is 4.84 Å². The van der Waals surface area contributed by atoms with Crippen molar-refractivity contribution in [2.45, 2.75) is 0 Å². The van der Waals surface area contributed by atoms with Crippen LogP contribution in [0.15, 0.2) is 16.7 Å². The molecule has 0 aromatic heterocycles. The maximum absolute atomic E-state index is 4.17. The normalized spacial score (nSPS) is 14.4. The molecule has 0 spiro atoms. The monoisotopic (exact) mass is 69.0 g/mol. The molecule has 1 aliphatic rings. The Kier molecular flexibility index (Phi) is 0.359. The summed E-state index contributed by atoms with van der Waals surface area (Å²) in [5, 5.41) is 6.22. The summed E-state index contributed by atoms with van der Waals surface area (Å²) in [5.41, 5.74) is 0. The van der Waals surface area contributed by atoms with E-state index in [4.69, 9.17) is 0 Å². The molecule has 5 heavy (non-hydrogen) atoms. The lowest BCUT2D eigenvalue weighted by molar-refractivity contribution is 0.261. The highest BCUT2D eigenvalue weighted by atomic mass is 16.6. The molecule has 0 N–H and O–H groups in total. The number of nitrogens with zero attached hydrogens (tertiary/aromatic N) is 2. The predicted octanol–water partition coefficient (Wildman–Crippen LogP) is 0.658. The van der Waals surface area contributed by atoms with Gasteiger partial charge in [0.15, 0.2) is 5.11 Å². The van der Waals surface area contributed by atoms with Crippen molar-refractivity contribution in [3.8, 4) is 0 Å². The molecule has 3 nitrogen and oxygen atoms in total. The van der Waals surface area contributed by atoms with Gasteiger partial charge in [0.25, 0.3) is 0 Å². The van der Waals surface area contributed by atoms with Crippen molar-refractivity contribution in [3.63, 3.8) is 0 Å². The standard InChI is InChI=1S/C2HN2O/c1-2-5-4-3-1/h2H/q+1. The van der Waals surface area contributed by atoms with E-state index in [1.165, 1.54) is 6.26 Å². The summed E-state index contributed by atoms with van der Waals surface area (Å²) < 4.78 is 0. The van der Waals surface area contributed by atoms with E-state index >= 15 is 0 Å². The van der Waals surface area contributed by atoms with Crippen molar-refractivity contribution >= 4 is 0 Å². The second-order valence-corrected chi connectivity index (χ2v) is 0.534. The zero-order chi connectivity index (χ0) is 3.54. The quantitative estimate of drug-likeness (QED) is 0.384. The van der Waals surface area contributed by atoms with Gasteiger partial charge in [-0.25, -0.2) is 0 Å². The largest absolute Gasteiger partial charge is 0.469 e. The van der Waals surface area contributed by atoms with Crippen LogP contribution in [0.5, 0.6) is 0 Å². The topological polar surface area (TPSA) is 34.0 Å². The molecule has 1 aliphatic heterocycles. The Balaban J connectivity index is 2.61. The first-order valence-corrected chi connectivity index (χ1v) is 1.13. The Hall–Kier alpha value is -0.950. The van der Waals surface area contributed by atoms with E-state index in [2.05, 4.69) is 21.4 Å². The summed E-state index contributed by atoms with van der Waals surface area (Å²) in [6.45, 7) is 0. The highest BCUT2D eigenvalue weighted by Crippen LogP contribution is 1.88. The Labute approximate surface area is 28.9 Å². The van der Waals surface area contributed by atoms with Crippen molar-refractivity contribution in [1.82, 2.24) is 0 Å². The Bertz CT molecular complexity index is 65.7. The van der Waals surface area contributed by atoms with Crippen LogP contribution in [0.1, 0.15) is 0 Å². The molecular formula is C2HN2O+. The van der Waals surface area contributed by atoms with Crippen LogP contribution >= 0.6 is 0 Å². The van der Waals surface area contributed by atoms with E-state index in [0.29, 0.717) is 0 Å². The second kappa shape index (κ2) is 0.781. The number of hydrogen-bond acceptors (Lipinski definition) is 3. The lowest BCUT2D eigenvalue weighted by Gasteiger charge is -1.55. The lowest BCUT2D eigenvalue weighted by atomic mass is 11.0. The first kappa shape index (κ1) is 2.30. The molecule has 0 aromatic carbocycles. The van der Waals surface area contributed by atoms with Gasteiger partial charge in [-0.1, -0.05) is 0 Å². The van der Waals surface area contributed by atoms with Gasteiger partial charge in [0.1, 0.15) is 0 Å². The minimum Gasteiger partial charge on any atom is -0.284 e. The maximum atomic E-state index is 4.17. The molecule has 0 aromatic rings. The minimum absolute atomic E-state index is 1.28. The zero-order valence-electron chi connectivity index (χ0n) is 2.38. The molecule has 1 heterocycles. The molecule has 3 heteroatoms. The maximum Gasteiger partial charge on any atom is 0.469 e. The summed E-state index contributed by atoms with van der Waals surface area (Å²) >= 11 is 0. The molecule has 0 saturated carbocycles. The zero-order valence-corrected chi connectivity index (χ0v) is 2.38. The summed E-state index contributed by atoms with van der Waals surface area (Å²) in [7, 11) is 0. The van der Waals surface area contributed by atoms with Crippen molar-refractivity contribution in [3.05, 3.63) is 12.5 Å². The minimum atomic E-state index is 1.28. The van der Waals surface area contributed by atoms with E-state index in [1.54, 1.807) is 0 Å². The molecule has 0 bridgehead atoms. The van der Waals surface area contributed by atoms with E-state index in [9.17, 15) is 0 Å². The van der Waals surface area contributed by atoms with E-state index in [0.717, 1.165) is 0 Å². The molecule has 0 radical (unpaired) electrons. The fourth-order valence-electron chi connectivity index (χ4n) is 0.118. The number of hydrogen-bond donors (Lipinski definition) is 0. The van der Waals surface area contributed by atoms with Crippen LogP contribution < -0.4 is 0 Å². The first-order chi connectivity index (χ1) is 2.50. The number of rotatable bonds is 0. The van der Waals surface area contributed by atoms with Gasteiger partial charge < -0.3 is 0 Å². The van der Waals surface area contributed by atoms with Crippen LogP contribution in [0, 0.1) is 6.20 Å². The average molecular weight is 69.0 g/mol. The molecule has 0 fully saturated rings. The molecule has 0 amide bonds. The third kappa shape index (κ3) is 0.205. The third-order valence-electron chi connectivity index (χ3n) is 0.251. The molecule has 24 valence electrons. The summed E-state index contributed by atoms with van der Waals surface area (Å²) in [4.78, 5) is 4.17. The molecule has 0 atom stereocenters. The molecular weight excluding hydrogens is 68.0 g/mol.